The van der Waals surface area contributed by atoms with Crippen molar-refractivity contribution in [3.63, 3.8) is 0 Å². The number of carbonyl (C=O) groups excluding carboxylic acids is 3. The number of fused-ring (bicyclic) bond motifs is 7. The van der Waals surface area contributed by atoms with Gasteiger partial charge in [-0.3, -0.25) is 19.4 Å². The number of methoxy groups -OCH3 is 1. The van der Waals surface area contributed by atoms with Gasteiger partial charge in [0.1, 0.15) is 29.0 Å². The quantitative estimate of drug-likeness (QED) is 0.314. The van der Waals surface area contributed by atoms with Gasteiger partial charge >= 0.3 is 0 Å². The number of thiazole rings is 1. The van der Waals surface area contributed by atoms with Crippen molar-refractivity contribution >= 4 is 34.2 Å². The van der Waals surface area contributed by atoms with Crippen molar-refractivity contribution in [1.29, 1.82) is 0 Å². The maximum atomic E-state index is 13.5. The summed E-state index contributed by atoms with van der Waals surface area (Å²) in [4.78, 5) is 49.3. The van der Waals surface area contributed by atoms with E-state index in [1.54, 1.807) is 58.9 Å². The zero-order chi connectivity index (χ0) is 29.9. The predicted molar refractivity (Wildman–Crippen MR) is 158 cm³/mol. The largest absolute Gasteiger partial charge is 0.496 e. The summed E-state index contributed by atoms with van der Waals surface area (Å²) in [5, 5.41) is 7.79. The first-order chi connectivity index (χ1) is 20.9. The van der Waals surface area contributed by atoms with Crippen molar-refractivity contribution in [2.45, 2.75) is 18.7 Å². The van der Waals surface area contributed by atoms with Crippen LogP contribution in [0.3, 0.4) is 0 Å². The summed E-state index contributed by atoms with van der Waals surface area (Å²) >= 11 is 1.18. The van der Waals surface area contributed by atoms with Gasteiger partial charge in [0.25, 0.3) is 17.7 Å². The monoisotopic (exact) mass is 600 g/mol. The van der Waals surface area contributed by atoms with Crippen LogP contribution in [0.4, 0.5) is 5.13 Å². The van der Waals surface area contributed by atoms with Crippen molar-refractivity contribution in [2.75, 3.05) is 32.5 Å². The minimum Gasteiger partial charge on any atom is -0.496 e. The Bertz CT molecular complexity index is 1690. The van der Waals surface area contributed by atoms with Gasteiger partial charge in [-0.05, 0) is 35.9 Å². The van der Waals surface area contributed by atoms with E-state index in [1.807, 2.05) is 6.07 Å². The Morgan fingerprint density at radius 3 is 2.74 bits per heavy atom. The lowest BCUT2D eigenvalue weighted by Crippen LogP contribution is -2.45. The molecule has 3 aliphatic heterocycles. The van der Waals surface area contributed by atoms with Gasteiger partial charge in [0.05, 0.1) is 25.3 Å². The van der Waals surface area contributed by atoms with Crippen LogP contribution in [0.5, 0.6) is 17.2 Å². The molecule has 13 heteroatoms. The molecular formula is C30H28N6O6S. The van der Waals surface area contributed by atoms with Crippen LogP contribution in [0, 0.1) is 0 Å². The molecule has 1 saturated heterocycles. The van der Waals surface area contributed by atoms with Gasteiger partial charge in [-0.25, -0.2) is 4.98 Å². The van der Waals surface area contributed by atoms with Gasteiger partial charge in [-0.2, -0.15) is 0 Å². The number of anilines is 1. The zero-order valence-corrected chi connectivity index (χ0v) is 23.9. The molecule has 7 rings (SSSR count). The van der Waals surface area contributed by atoms with E-state index in [9.17, 15) is 14.4 Å². The Kier molecular flexibility index (Phi) is 7.79. The fraction of sp³-hybridized carbons (Fsp3) is 0.233. The molecule has 0 unspecified atom stereocenters. The van der Waals surface area contributed by atoms with E-state index in [4.69, 9.17) is 19.9 Å². The molecule has 220 valence electrons. The second-order valence-corrected chi connectivity index (χ2v) is 10.9. The van der Waals surface area contributed by atoms with E-state index in [0.717, 1.165) is 11.1 Å². The summed E-state index contributed by atoms with van der Waals surface area (Å²) in [5.74, 6) is 0.501. The topological polar surface area (TPSA) is 158 Å². The fourth-order valence-electron chi connectivity index (χ4n) is 5.00. The van der Waals surface area contributed by atoms with Crippen LogP contribution < -0.4 is 30.6 Å². The number of nitrogens with two attached hydrogens (primary N) is 1. The van der Waals surface area contributed by atoms with Gasteiger partial charge in [0, 0.05) is 48.1 Å². The normalized spacial score (nSPS) is 18.5. The number of carbonyl (C=O) groups is 3. The molecule has 2 aromatic heterocycles. The number of benzene rings is 2. The number of ether oxygens (including phenoxy) is 3. The summed E-state index contributed by atoms with van der Waals surface area (Å²) < 4.78 is 17.6. The number of nitrogen functional groups attached to an aromatic ring is 1. The van der Waals surface area contributed by atoms with Crippen LogP contribution in [-0.2, 0) is 11.3 Å². The molecule has 2 aromatic carbocycles. The molecule has 0 saturated carbocycles. The molecule has 2 atom stereocenters. The number of hydrogen-bond acceptors (Lipinski definition) is 10. The first kappa shape index (κ1) is 28.0. The van der Waals surface area contributed by atoms with Gasteiger partial charge < -0.3 is 35.5 Å². The van der Waals surface area contributed by atoms with E-state index in [1.165, 1.54) is 24.6 Å². The summed E-state index contributed by atoms with van der Waals surface area (Å²) in [6.07, 6.45) is 2.53. The van der Waals surface area contributed by atoms with Gasteiger partial charge in [-0.1, -0.05) is 12.1 Å². The highest BCUT2D eigenvalue weighted by Gasteiger charge is 2.39. The highest BCUT2D eigenvalue weighted by molar-refractivity contribution is 7.13. The molecule has 3 aliphatic rings. The molecule has 0 radical (unpaired) electrons. The number of hydrogen-bond donors (Lipinski definition) is 3. The van der Waals surface area contributed by atoms with E-state index in [-0.39, 0.29) is 49.7 Å². The first-order valence-corrected chi connectivity index (χ1v) is 14.3. The molecular weight excluding hydrogens is 572 g/mol. The molecule has 5 heterocycles. The molecule has 4 N–H and O–H groups in total. The van der Waals surface area contributed by atoms with Gasteiger partial charge in [0.15, 0.2) is 11.7 Å². The van der Waals surface area contributed by atoms with E-state index in [2.05, 4.69) is 20.6 Å². The van der Waals surface area contributed by atoms with Crippen molar-refractivity contribution in [3.05, 3.63) is 83.1 Å². The second kappa shape index (κ2) is 12.0. The number of aromatic nitrogens is 2. The van der Waals surface area contributed by atoms with Crippen LogP contribution in [-0.4, -0.2) is 71.5 Å². The van der Waals surface area contributed by atoms with Gasteiger partial charge in [-0.15, -0.1) is 11.3 Å². The smallest absolute Gasteiger partial charge is 0.273 e. The Balaban J connectivity index is 1.34. The summed E-state index contributed by atoms with van der Waals surface area (Å²) in [5.41, 5.74) is 8.52. The maximum Gasteiger partial charge on any atom is 0.273 e. The molecule has 6 bridgehead atoms. The lowest BCUT2D eigenvalue weighted by Gasteiger charge is -2.22. The van der Waals surface area contributed by atoms with Crippen LogP contribution in [0.1, 0.15) is 26.4 Å². The standard InChI is InChI=1S/C30H28N6O6S/c1-40-25-9-22-6-5-18(25)12-33-27(37)15-41-21-4-2-3-17(8-21)19-7-20(11-32-10-19)28(38)34-23-13-36(14-26(23)42-22)29(39)24-16-43-30(31)35-24/h2-11,16,23,26H,12-15H2,1H3,(H2,31,35)(H,33,37)(H,34,38)/t23-,26-/m0/s1. The van der Waals surface area contributed by atoms with Crippen molar-refractivity contribution in [1.82, 2.24) is 25.5 Å². The third kappa shape index (κ3) is 6.21. The highest BCUT2D eigenvalue weighted by atomic mass is 32.1. The third-order valence-electron chi connectivity index (χ3n) is 7.17. The Morgan fingerprint density at radius 2 is 1.93 bits per heavy atom. The number of likely N-dealkylation sites (tertiary alicyclic amines) is 1. The van der Waals surface area contributed by atoms with E-state index in [0.29, 0.717) is 33.5 Å². The molecule has 1 fully saturated rings. The van der Waals surface area contributed by atoms with Crippen LogP contribution >= 0.6 is 11.3 Å². The average molecular weight is 601 g/mol. The Labute approximate surface area is 250 Å². The molecule has 4 aromatic rings. The molecule has 0 spiro atoms. The Morgan fingerprint density at radius 1 is 1.07 bits per heavy atom. The van der Waals surface area contributed by atoms with Crippen LogP contribution in [0.2, 0.25) is 0 Å². The lowest BCUT2D eigenvalue weighted by molar-refractivity contribution is -0.123. The predicted octanol–water partition coefficient (Wildman–Crippen LogP) is 2.51. The number of amides is 3. The highest BCUT2D eigenvalue weighted by Crippen LogP contribution is 2.29. The van der Waals surface area contributed by atoms with Crippen molar-refractivity contribution in [3.8, 4) is 28.4 Å². The van der Waals surface area contributed by atoms with Crippen LogP contribution in [0.15, 0.2) is 66.3 Å². The molecule has 0 aliphatic carbocycles. The summed E-state index contributed by atoms with van der Waals surface area (Å²) in [6.45, 7) is 0.428. The minimum atomic E-state index is -0.588. The van der Waals surface area contributed by atoms with Crippen molar-refractivity contribution in [2.24, 2.45) is 0 Å². The van der Waals surface area contributed by atoms with Gasteiger partial charge in [0.2, 0.25) is 0 Å². The average Bonchev–Trinajstić information content (AvgIpc) is 3.64. The summed E-state index contributed by atoms with van der Waals surface area (Å²) in [7, 11) is 1.53. The van der Waals surface area contributed by atoms with E-state index < -0.39 is 12.1 Å². The number of rotatable bonds is 2. The lowest BCUT2D eigenvalue weighted by atomic mass is 10.1. The third-order valence-corrected chi connectivity index (χ3v) is 7.84. The maximum absolute atomic E-state index is 13.5. The second-order valence-electron chi connectivity index (χ2n) is 10.0. The molecule has 3 amide bonds. The fourth-order valence-corrected chi connectivity index (χ4v) is 5.53. The number of pyridine rings is 1. The van der Waals surface area contributed by atoms with E-state index >= 15 is 0 Å². The van der Waals surface area contributed by atoms with Crippen LogP contribution in [0.25, 0.3) is 11.1 Å². The Hall–Kier alpha value is -5.17. The molecule has 12 nitrogen and oxygen atoms in total. The molecule has 43 heavy (non-hydrogen) atoms. The number of nitrogens with one attached hydrogen (secondary N) is 2. The first-order valence-electron chi connectivity index (χ1n) is 13.5. The zero-order valence-electron chi connectivity index (χ0n) is 23.1. The SMILES string of the molecule is COc1cc2ccc1CNC(=O)COc1cccc(c1)-c1cncc(c1)C(=O)N[C@H]1CN(C(=O)c3csc(N)n3)C[C@@H]1O2. The number of nitrogens with zero attached hydrogens (tertiary/aromatic N) is 3. The van der Waals surface area contributed by atoms with Crippen molar-refractivity contribution < 1.29 is 28.6 Å². The summed E-state index contributed by atoms with van der Waals surface area (Å²) in [6, 6.07) is 13.6. The minimum absolute atomic E-state index is 0.181.